The van der Waals surface area contributed by atoms with E-state index in [1.807, 2.05) is 42.5 Å². The van der Waals surface area contributed by atoms with Crippen LogP contribution in [0.4, 0.5) is 0 Å². The average molecular weight is 468 g/mol. The maximum absolute atomic E-state index is 13.2. The van der Waals surface area contributed by atoms with Gasteiger partial charge in [0.25, 0.3) is 11.5 Å². The van der Waals surface area contributed by atoms with Gasteiger partial charge in [-0.1, -0.05) is 69.3 Å². The Labute approximate surface area is 206 Å². The maximum Gasteiger partial charge on any atom is 0.261 e. The van der Waals surface area contributed by atoms with E-state index < -0.39 is 0 Å². The number of benzene rings is 2. The smallest absolute Gasteiger partial charge is 0.261 e. The van der Waals surface area contributed by atoms with Crippen LogP contribution in [-0.2, 0) is 6.54 Å². The number of aromatic nitrogens is 1. The molecule has 2 atom stereocenters. The van der Waals surface area contributed by atoms with Crippen LogP contribution in [0.3, 0.4) is 0 Å². The number of fused-ring (bicyclic) bond motifs is 5. The van der Waals surface area contributed by atoms with Gasteiger partial charge in [0, 0.05) is 24.8 Å². The first kappa shape index (κ1) is 22.3. The first-order valence-electron chi connectivity index (χ1n) is 12.7. The van der Waals surface area contributed by atoms with Gasteiger partial charge >= 0.3 is 0 Å². The number of nitrogens with zero attached hydrogens (tertiary/aromatic N) is 1. The van der Waals surface area contributed by atoms with Crippen LogP contribution < -0.4 is 10.9 Å². The van der Waals surface area contributed by atoms with Crippen molar-refractivity contribution in [3.8, 4) is 11.1 Å². The molecule has 2 bridgehead atoms. The first-order valence-corrected chi connectivity index (χ1v) is 12.7. The van der Waals surface area contributed by atoms with Gasteiger partial charge in [-0.3, -0.25) is 14.5 Å². The second-order valence-electron chi connectivity index (χ2n) is 11.9. The van der Waals surface area contributed by atoms with Crippen molar-refractivity contribution >= 4 is 5.91 Å². The standard InChI is InChI=1S/C30H33N3O2/c1-29(2)14-20-15-30(3,17-29)18-33(20)16-19-12-13-25(27(34)31-19)28(35)32-26-23-10-6-4-8-21(23)22-9-5-7-11-24(22)26/h4-13,20,26H,14-18H2,1-3H3,(H,31,34)(H,32,35). The summed E-state index contributed by atoms with van der Waals surface area (Å²) in [6, 6.07) is 20.1. The summed E-state index contributed by atoms with van der Waals surface area (Å²) in [6.07, 6.45) is 3.67. The fourth-order valence-corrected chi connectivity index (χ4v) is 7.29. The largest absolute Gasteiger partial charge is 0.341 e. The third-order valence-electron chi connectivity index (χ3n) is 8.22. The number of pyridine rings is 1. The van der Waals surface area contributed by atoms with E-state index >= 15 is 0 Å². The van der Waals surface area contributed by atoms with Crippen LogP contribution in [0.1, 0.15) is 73.3 Å². The summed E-state index contributed by atoms with van der Waals surface area (Å²) in [7, 11) is 0. The summed E-state index contributed by atoms with van der Waals surface area (Å²) < 4.78 is 0. The molecule has 5 heteroatoms. The fourth-order valence-electron chi connectivity index (χ4n) is 7.29. The predicted molar refractivity (Wildman–Crippen MR) is 138 cm³/mol. The molecule has 1 amide bonds. The Balaban J connectivity index is 1.21. The van der Waals surface area contributed by atoms with Crippen LogP contribution in [0.5, 0.6) is 0 Å². The average Bonchev–Trinajstić information content (AvgIpc) is 3.24. The molecule has 3 aromatic rings. The molecule has 5 nitrogen and oxygen atoms in total. The maximum atomic E-state index is 13.2. The molecule has 180 valence electrons. The van der Waals surface area contributed by atoms with Crippen LogP contribution in [0.2, 0.25) is 0 Å². The van der Waals surface area contributed by atoms with E-state index in [9.17, 15) is 9.59 Å². The van der Waals surface area contributed by atoms with Crippen LogP contribution >= 0.6 is 0 Å². The highest BCUT2D eigenvalue weighted by atomic mass is 16.2. The number of rotatable bonds is 4. The number of carbonyl (C=O) groups excluding carboxylic acids is 1. The molecule has 0 radical (unpaired) electrons. The van der Waals surface area contributed by atoms with Crippen LogP contribution in [-0.4, -0.2) is 28.4 Å². The van der Waals surface area contributed by atoms with E-state index in [1.54, 1.807) is 6.07 Å². The van der Waals surface area contributed by atoms with Gasteiger partial charge in [0.15, 0.2) is 0 Å². The minimum absolute atomic E-state index is 0.156. The number of amides is 1. The molecule has 2 unspecified atom stereocenters. The Morgan fingerprint density at radius 2 is 1.63 bits per heavy atom. The molecule has 2 N–H and O–H groups in total. The molecule has 1 aliphatic heterocycles. The van der Waals surface area contributed by atoms with Gasteiger partial charge in [0.05, 0.1) is 6.04 Å². The van der Waals surface area contributed by atoms with Crippen molar-refractivity contribution in [1.82, 2.24) is 15.2 Å². The lowest BCUT2D eigenvalue weighted by Crippen LogP contribution is -2.35. The molecule has 0 spiro atoms. The fraction of sp³-hybridized carbons (Fsp3) is 0.400. The van der Waals surface area contributed by atoms with Crippen LogP contribution in [0, 0.1) is 10.8 Å². The van der Waals surface area contributed by atoms with Crippen molar-refractivity contribution in [2.24, 2.45) is 10.8 Å². The number of nitrogens with one attached hydrogen (secondary N) is 2. The quantitative estimate of drug-likeness (QED) is 0.549. The van der Waals surface area contributed by atoms with E-state index in [2.05, 4.69) is 48.1 Å². The van der Waals surface area contributed by atoms with Crippen LogP contribution in [0.15, 0.2) is 65.5 Å². The summed E-state index contributed by atoms with van der Waals surface area (Å²) in [5, 5.41) is 3.12. The summed E-state index contributed by atoms with van der Waals surface area (Å²) >= 11 is 0. The molecular weight excluding hydrogens is 434 g/mol. The lowest BCUT2D eigenvalue weighted by atomic mass is 9.65. The van der Waals surface area contributed by atoms with Gasteiger partial charge in [-0.05, 0) is 64.5 Å². The first-order chi connectivity index (χ1) is 16.7. The highest BCUT2D eigenvalue weighted by Gasteiger charge is 2.49. The summed E-state index contributed by atoms with van der Waals surface area (Å²) in [6.45, 7) is 8.92. The molecule has 2 aliphatic carbocycles. The van der Waals surface area contributed by atoms with E-state index in [1.165, 1.54) is 19.3 Å². The monoisotopic (exact) mass is 467 g/mol. The van der Waals surface area contributed by atoms with Crippen molar-refractivity contribution in [2.45, 2.75) is 58.7 Å². The molecule has 1 saturated heterocycles. The van der Waals surface area contributed by atoms with Gasteiger partial charge in [0.2, 0.25) is 0 Å². The van der Waals surface area contributed by atoms with Gasteiger partial charge in [-0.25, -0.2) is 0 Å². The van der Waals surface area contributed by atoms with Gasteiger partial charge in [-0.2, -0.15) is 0 Å². The summed E-state index contributed by atoms with van der Waals surface area (Å²) in [5.74, 6) is -0.347. The van der Waals surface area contributed by atoms with E-state index in [0.29, 0.717) is 16.9 Å². The van der Waals surface area contributed by atoms with Gasteiger partial charge < -0.3 is 10.3 Å². The van der Waals surface area contributed by atoms with E-state index in [4.69, 9.17) is 0 Å². The number of likely N-dealkylation sites (tertiary alicyclic amines) is 1. The SMILES string of the molecule is CC1(C)CC2CC(C)(CN2Cc2ccc(C(=O)NC3c4ccccc4-c4ccccc43)c(=O)[nH]2)C1. The van der Waals surface area contributed by atoms with Gasteiger partial charge in [-0.15, -0.1) is 0 Å². The topological polar surface area (TPSA) is 65.2 Å². The number of carbonyl (C=O) groups is 1. The third-order valence-corrected chi connectivity index (χ3v) is 8.22. The minimum Gasteiger partial charge on any atom is -0.341 e. The van der Waals surface area contributed by atoms with E-state index in [0.717, 1.165) is 41.0 Å². The molecule has 2 aromatic carbocycles. The number of H-pyrrole nitrogens is 1. The molecule has 35 heavy (non-hydrogen) atoms. The lowest BCUT2D eigenvalue weighted by Gasteiger charge is -2.39. The Kier molecular flexibility index (Phi) is 5.05. The minimum atomic E-state index is -0.347. The van der Waals surface area contributed by atoms with Crippen molar-refractivity contribution in [3.63, 3.8) is 0 Å². The molecule has 2 heterocycles. The predicted octanol–water partition coefficient (Wildman–Crippen LogP) is 5.28. The summed E-state index contributed by atoms with van der Waals surface area (Å²) in [5.41, 5.74) is 5.79. The Morgan fingerprint density at radius 1 is 0.971 bits per heavy atom. The highest BCUT2D eigenvalue weighted by molar-refractivity contribution is 5.95. The number of hydrogen-bond acceptors (Lipinski definition) is 3. The highest BCUT2D eigenvalue weighted by Crippen LogP contribution is 2.52. The molecule has 1 saturated carbocycles. The van der Waals surface area contributed by atoms with Crippen LogP contribution in [0.25, 0.3) is 11.1 Å². The molecule has 2 fully saturated rings. The van der Waals surface area contributed by atoms with Crippen molar-refractivity contribution in [2.75, 3.05) is 6.54 Å². The van der Waals surface area contributed by atoms with Crippen molar-refractivity contribution in [1.29, 1.82) is 0 Å². The molecule has 3 aliphatic rings. The zero-order valence-corrected chi connectivity index (χ0v) is 20.7. The Bertz CT molecular complexity index is 1330. The van der Waals surface area contributed by atoms with Crippen molar-refractivity contribution < 1.29 is 4.79 Å². The van der Waals surface area contributed by atoms with E-state index in [-0.39, 0.29) is 23.1 Å². The second-order valence-corrected chi connectivity index (χ2v) is 11.9. The molecular formula is C30H33N3O2. The zero-order valence-electron chi connectivity index (χ0n) is 20.7. The Morgan fingerprint density at radius 3 is 2.29 bits per heavy atom. The number of aromatic amines is 1. The second kappa shape index (κ2) is 7.92. The third kappa shape index (κ3) is 3.92. The zero-order chi connectivity index (χ0) is 24.4. The molecule has 1 aromatic heterocycles. The number of hydrogen-bond donors (Lipinski definition) is 2. The normalized spacial score (nSPS) is 24.7. The van der Waals surface area contributed by atoms with Gasteiger partial charge in [0.1, 0.15) is 5.56 Å². The molecule has 6 rings (SSSR count). The van der Waals surface area contributed by atoms with Crippen molar-refractivity contribution in [3.05, 3.63) is 93.4 Å². The summed E-state index contributed by atoms with van der Waals surface area (Å²) in [4.78, 5) is 31.7. The lowest BCUT2D eigenvalue weighted by molar-refractivity contribution is 0.0942. The Hall–Kier alpha value is -3.18.